The lowest BCUT2D eigenvalue weighted by Gasteiger charge is -2.32. The van der Waals surface area contributed by atoms with Crippen LogP contribution >= 0.6 is 11.6 Å². The number of carbonyl (C=O) groups excluding carboxylic acids is 1. The number of hydrogen-bond acceptors (Lipinski definition) is 5. The van der Waals surface area contributed by atoms with Crippen LogP contribution in [-0.4, -0.2) is 49.1 Å². The van der Waals surface area contributed by atoms with E-state index in [1.54, 1.807) is 38.1 Å². The van der Waals surface area contributed by atoms with Crippen molar-refractivity contribution in [3.8, 4) is 5.75 Å². The minimum atomic E-state index is -3.85. The van der Waals surface area contributed by atoms with Gasteiger partial charge < -0.3 is 4.74 Å². The molecular weight excluding hydrogens is 382 g/mol. The second kappa shape index (κ2) is 9.01. The maximum absolute atomic E-state index is 12.5. The number of carbonyl (C=O) groups is 1. The molecule has 0 bridgehead atoms. The minimum absolute atomic E-state index is 0.0933. The lowest BCUT2D eigenvalue weighted by molar-refractivity contribution is -0.131. The van der Waals surface area contributed by atoms with Crippen molar-refractivity contribution in [1.29, 1.82) is 0 Å². The van der Waals surface area contributed by atoms with Gasteiger partial charge in [-0.3, -0.25) is 10.0 Å². The van der Waals surface area contributed by atoms with E-state index in [1.807, 2.05) is 0 Å². The lowest BCUT2D eigenvalue weighted by Crippen LogP contribution is -2.55. The van der Waals surface area contributed by atoms with Crippen LogP contribution in [0.5, 0.6) is 5.75 Å². The van der Waals surface area contributed by atoms with E-state index in [-0.39, 0.29) is 25.1 Å². The van der Waals surface area contributed by atoms with Crippen LogP contribution in [-0.2, 0) is 15.0 Å². The number of rotatable bonds is 7. The summed E-state index contributed by atoms with van der Waals surface area (Å²) >= 11 is 5.84. The molecule has 8 nitrogen and oxygen atoms in total. The van der Waals surface area contributed by atoms with Crippen molar-refractivity contribution >= 4 is 27.7 Å². The van der Waals surface area contributed by atoms with Gasteiger partial charge in [0.15, 0.2) is 0 Å². The number of halogens is 1. The van der Waals surface area contributed by atoms with Gasteiger partial charge in [0, 0.05) is 18.1 Å². The zero-order valence-corrected chi connectivity index (χ0v) is 16.3. The average molecular weight is 406 g/mol. The van der Waals surface area contributed by atoms with Crippen molar-refractivity contribution in [3.63, 3.8) is 0 Å². The van der Waals surface area contributed by atoms with Crippen molar-refractivity contribution in [1.82, 2.24) is 14.5 Å². The first-order chi connectivity index (χ1) is 12.2. The van der Waals surface area contributed by atoms with Crippen molar-refractivity contribution in [2.75, 3.05) is 13.1 Å². The van der Waals surface area contributed by atoms with Crippen molar-refractivity contribution in [2.24, 2.45) is 5.92 Å². The van der Waals surface area contributed by atoms with E-state index in [0.29, 0.717) is 23.6 Å². The Hall–Kier alpha value is -1.39. The van der Waals surface area contributed by atoms with E-state index in [9.17, 15) is 13.2 Å². The Morgan fingerprint density at radius 3 is 2.35 bits per heavy atom. The van der Waals surface area contributed by atoms with Gasteiger partial charge in [-0.2, -0.15) is 17.4 Å². The summed E-state index contributed by atoms with van der Waals surface area (Å²) in [7, 11) is -3.85. The predicted molar refractivity (Wildman–Crippen MR) is 97.3 cm³/mol. The molecule has 146 valence electrons. The monoisotopic (exact) mass is 405 g/mol. The van der Waals surface area contributed by atoms with E-state index in [0.717, 1.165) is 0 Å². The summed E-state index contributed by atoms with van der Waals surface area (Å²) in [6.07, 6.45) is 0.966. The molecule has 1 aromatic rings. The van der Waals surface area contributed by atoms with Gasteiger partial charge in [-0.05, 0) is 43.0 Å². The summed E-state index contributed by atoms with van der Waals surface area (Å²) in [4.78, 5) is 11.7. The summed E-state index contributed by atoms with van der Waals surface area (Å²) in [5, 5.41) is 9.40. The Morgan fingerprint density at radius 2 is 1.85 bits per heavy atom. The second-order valence-corrected chi connectivity index (χ2v) is 8.63. The molecule has 1 atom stereocenters. The normalized spacial score (nSPS) is 17.9. The van der Waals surface area contributed by atoms with E-state index >= 15 is 0 Å². The highest BCUT2D eigenvalue weighted by atomic mass is 35.5. The van der Waals surface area contributed by atoms with Gasteiger partial charge in [0.25, 0.3) is 16.1 Å². The van der Waals surface area contributed by atoms with Gasteiger partial charge in [0.05, 0.1) is 0 Å². The first-order valence-corrected chi connectivity index (χ1v) is 10.2. The van der Waals surface area contributed by atoms with Crippen molar-refractivity contribution in [2.45, 2.75) is 38.8 Å². The third-order valence-corrected chi connectivity index (χ3v) is 6.04. The fourth-order valence-corrected chi connectivity index (χ4v) is 4.36. The Balaban J connectivity index is 1.92. The molecule has 0 aromatic heterocycles. The molecule has 1 aliphatic heterocycles. The number of piperidine rings is 1. The van der Waals surface area contributed by atoms with E-state index in [1.165, 1.54) is 9.79 Å². The third-order valence-electron chi connectivity index (χ3n) is 4.19. The molecular formula is C16H24ClN3O5S. The number of nitrogens with zero attached hydrogens (tertiary/aromatic N) is 1. The van der Waals surface area contributed by atoms with Crippen LogP contribution in [0.1, 0.15) is 26.7 Å². The number of amides is 1. The van der Waals surface area contributed by atoms with Gasteiger partial charge in [0.2, 0.25) is 0 Å². The predicted octanol–water partition coefficient (Wildman–Crippen LogP) is 1.55. The molecule has 0 spiro atoms. The fraction of sp³-hybridized carbons (Fsp3) is 0.562. The summed E-state index contributed by atoms with van der Waals surface area (Å²) in [6.45, 7) is 3.93. The summed E-state index contributed by atoms with van der Waals surface area (Å²) in [5.74, 6) is -0.416. The number of hydrogen-bond donors (Lipinski definition) is 3. The van der Waals surface area contributed by atoms with Crippen LogP contribution in [0, 0.1) is 5.92 Å². The standard InChI is InChI=1S/C16H24ClN3O5S/c1-11(2)15(16(21)18-22)19-26(23,24)20-9-7-14(8-10-20)25-13-5-3-12(17)4-6-13/h3-6,11,14-15,19,22H,7-10H2,1-2H3,(H,18,21). The highest BCUT2D eigenvalue weighted by molar-refractivity contribution is 7.87. The lowest BCUT2D eigenvalue weighted by atomic mass is 10.1. The van der Waals surface area contributed by atoms with Crippen LogP contribution < -0.4 is 14.9 Å². The zero-order valence-electron chi connectivity index (χ0n) is 14.7. The van der Waals surface area contributed by atoms with E-state index in [4.69, 9.17) is 21.5 Å². The fourth-order valence-electron chi connectivity index (χ4n) is 2.69. The Bertz CT molecular complexity index is 703. The highest BCUT2D eigenvalue weighted by Gasteiger charge is 2.33. The highest BCUT2D eigenvalue weighted by Crippen LogP contribution is 2.22. The molecule has 26 heavy (non-hydrogen) atoms. The molecule has 1 heterocycles. The zero-order chi connectivity index (χ0) is 19.3. The van der Waals surface area contributed by atoms with Crippen LogP contribution in [0.25, 0.3) is 0 Å². The molecule has 1 unspecified atom stereocenters. The molecule has 1 aliphatic rings. The van der Waals surface area contributed by atoms with Gasteiger partial charge >= 0.3 is 0 Å². The molecule has 2 rings (SSSR count). The van der Waals surface area contributed by atoms with Crippen LogP contribution in [0.15, 0.2) is 24.3 Å². The SMILES string of the molecule is CC(C)C(NS(=O)(=O)N1CCC(Oc2ccc(Cl)cc2)CC1)C(=O)NO. The van der Waals surface area contributed by atoms with Crippen LogP contribution in [0.4, 0.5) is 0 Å². The van der Waals surface area contributed by atoms with E-state index in [2.05, 4.69) is 4.72 Å². The molecule has 3 N–H and O–H groups in total. The first kappa shape index (κ1) is 20.9. The van der Waals surface area contributed by atoms with Crippen LogP contribution in [0.3, 0.4) is 0 Å². The Kier molecular flexibility index (Phi) is 7.24. The smallest absolute Gasteiger partial charge is 0.280 e. The van der Waals surface area contributed by atoms with Gasteiger partial charge in [0.1, 0.15) is 17.9 Å². The van der Waals surface area contributed by atoms with Gasteiger partial charge in [-0.1, -0.05) is 25.4 Å². The Morgan fingerprint density at radius 1 is 1.27 bits per heavy atom. The first-order valence-electron chi connectivity index (χ1n) is 8.36. The maximum atomic E-state index is 12.5. The number of benzene rings is 1. The van der Waals surface area contributed by atoms with Gasteiger partial charge in [-0.15, -0.1) is 0 Å². The van der Waals surface area contributed by atoms with Gasteiger partial charge in [-0.25, -0.2) is 5.48 Å². The second-order valence-electron chi connectivity index (χ2n) is 6.49. The summed E-state index contributed by atoms with van der Waals surface area (Å²) in [5.41, 5.74) is 1.50. The number of hydroxylamine groups is 1. The molecule has 0 saturated carbocycles. The average Bonchev–Trinajstić information content (AvgIpc) is 2.61. The van der Waals surface area contributed by atoms with Crippen LogP contribution in [0.2, 0.25) is 5.02 Å². The molecule has 0 aliphatic carbocycles. The molecule has 1 aromatic carbocycles. The van der Waals surface area contributed by atoms with Crippen molar-refractivity contribution in [3.05, 3.63) is 29.3 Å². The molecule has 1 saturated heterocycles. The Labute approximate surface area is 158 Å². The third kappa shape index (κ3) is 5.55. The topological polar surface area (TPSA) is 108 Å². The molecule has 1 amide bonds. The van der Waals surface area contributed by atoms with E-state index < -0.39 is 22.2 Å². The summed E-state index contributed by atoms with van der Waals surface area (Å²) in [6, 6.07) is 5.96. The maximum Gasteiger partial charge on any atom is 0.280 e. The largest absolute Gasteiger partial charge is 0.490 e. The quantitative estimate of drug-likeness (QED) is 0.471. The summed E-state index contributed by atoms with van der Waals surface area (Å²) < 4.78 is 34.5. The molecule has 1 fully saturated rings. The minimum Gasteiger partial charge on any atom is -0.490 e. The number of nitrogens with one attached hydrogen (secondary N) is 2. The molecule has 10 heteroatoms. The molecule has 0 radical (unpaired) electrons. The van der Waals surface area contributed by atoms with Crippen molar-refractivity contribution < 1.29 is 23.2 Å². The number of ether oxygens (including phenoxy) is 1.